The van der Waals surface area contributed by atoms with Crippen LogP contribution in [-0.4, -0.2) is 22.8 Å². The van der Waals surface area contributed by atoms with Gasteiger partial charge in [0.15, 0.2) is 0 Å². The Morgan fingerprint density at radius 1 is 1.60 bits per heavy atom. The fourth-order valence-corrected chi connectivity index (χ4v) is 1.34. The first kappa shape index (κ1) is 11.5. The monoisotopic (exact) mass is 213 g/mol. The summed E-state index contributed by atoms with van der Waals surface area (Å²) in [4.78, 5) is 24.5. The molecule has 0 aliphatic heterocycles. The van der Waals surface area contributed by atoms with Gasteiger partial charge < -0.3 is 10.5 Å². The van der Waals surface area contributed by atoms with Gasteiger partial charge in [-0.1, -0.05) is 0 Å². The van der Waals surface area contributed by atoms with Crippen LogP contribution in [0.4, 0.5) is 5.82 Å². The van der Waals surface area contributed by atoms with E-state index < -0.39 is 11.2 Å². The van der Waals surface area contributed by atoms with Crippen LogP contribution < -0.4 is 17.0 Å². The predicted molar refractivity (Wildman–Crippen MR) is 56.9 cm³/mol. The Kier molecular flexibility index (Phi) is 3.68. The highest BCUT2D eigenvalue weighted by Gasteiger charge is 2.10. The smallest absolute Gasteiger partial charge is 0.330 e. The number of nitrogens with one attached hydrogen (secondary N) is 1. The summed E-state index contributed by atoms with van der Waals surface area (Å²) in [7, 11) is 0. The molecule has 0 amide bonds. The number of rotatable bonds is 4. The lowest BCUT2D eigenvalue weighted by atomic mass is 10.3. The van der Waals surface area contributed by atoms with Gasteiger partial charge in [-0.2, -0.15) is 0 Å². The van der Waals surface area contributed by atoms with Crippen LogP contribution in [0.15, 0.2) is 15.7 Å². The van der Waals surface area contributed by atoms with Gasteiger partial charge in [-0.05, 0) is 13.8 Å². The lowest BCUT2D eigenvalue weighted by Gasteiger charge is -2.16. The van der Waals surface area contributed by atoms with Crippen molar-refractivity contribution >= 4 is 5.82 Å². The molecule has 0 bridgehead atoms. The summed E-state index contributed by atoms with van der Waals surface area (Å²) in [6, 6.07) is 0.985. The highest BCUT2D eigenvalue weighted by molar-refractivity contribution is 5.26. The third kappa shape index (κ3) is 2.69. The zero-order chi connectivity index (χ0) is 11.4. The summed E-state index contributed by atoms with van der Waals surface area (Å²) >= 11 is 0. The maximum atomic E-state index is 11.4. The van der Waals surface area contributed by atoms with Crippen molar-refractivity contribution in [2.24, 2.45) is 0 Å². The van der Waals surface area contributed by atoms with E-state index in [0.29, 0.717) is 13.2 Å². The average Bonchev–Trinajstić information content (AvgIpc) is 2.12. The minimum Gasteiger partial charge on any atom is -0.385 e. The van der Waals surface area contributed by atoms with Gasteiger partial charge in [0.25, 0.3) is 5.56 Å². The fraction of sp³-hybridized carbons (Fsp3) is 0.556. The van der Waals surface area contributed by atoms with Crippen LogP contribution in [0.25, 0.3) is 0 Å². The first-order chi connectivity index (χ1) is 7.06. The number of hydrogen-bond donors (Lipinski definition) is 2. The summed E-state index contributed by atoms with van der Waals surface area (Å²) in [5.41, 5.74) is 4.59. The number of nitrogens with zero attached hydrogens (tertiary/aromatic N) is 1. The molecule has 0 saturated carbocycles. The SMILES string of the molecule is CCOCC(C)n1c(N)cc(=O)[nH]c1=O. The van der Waals surface area contributed by atoms with E-state index in [4.69, 9.17) is 10.5 Å². The maximum Gasteiger partial charge on any atom is 0.330 e. The topological polar surface area (TPSA) is 90.1 Å². The zero-order valence-corrected chi connectivity index (χ0v) is 8.82. The van der Waals surface area contributed by atoms with E-state index in [2.05, 4.69) is 4.98 Å². The Morgan fingerprint density at radius 3 is 2.80 bits per heavy atom. The second-order valence-corrected chi connectivity index (χ2v) is 3.24. The highest BCUT2D eigenvalue weighted by Crippen LogP contribution is 2.06. The van der Waals surface area contributed by atoms with Crippen molar-refractivity contribution < 1.29 is 4.74 Å². The van der Waals surface area contributed by atoms with Gasteiger partial charge in [-0.25, -0.2) is 4.79 Å². The Bertz CT molecular complexity index is 435. The van der Waals surface area contributed by atoms with Crippen LogP contribution in [0.2, 0.25) is 0 Å². The Morgan fingerprint density at radius 2 is 2.27 bits per heavy atom. The van der Waals surface area contributed by atoms with Gasteiger partial charge in [0.2, 0.25) is 0 Å². The number of nitrogen functional groups attached to an aromatic ring is 1. The number of H-pyrrole nitrogens is 1. The Labute approximate surface area is 86.7 Å². The second kappa shape index (κ2) is 4.79. The molecule has 1 heterocycles. The molecular weight excluding hydrogens is 198 g/mol. The molecule has 1 unspecified atom stereocenters. The molecule has 0 aliphatic carbocycles. The van der Waals surface area contributed by atoms with Gasteiger partial charge in [0.1, 0.15) is 5.82 Å². The van der Waals surface area contributed by atoms with Gasteiger partial charge in [0, 0.05) is 12.7 Å². The van der Waals surface area contributed by atoms with Crippen molar-refractivity contribution in [1.82, 2.24) is 9.55 Å². The summed E-state index contributed by atoms with van der Waals surface area (Å²) in [5, 5.41) is 0. The van der Waals surface area contributed by atoms with E-state index in [1.54, 1.807) is 6.92 Å². The third-order valence-corrected chi connectivity index (χ3v) is 2.01. The molecule has 0 fully saturated rings. The van der Waals surface area contributed by atoms with Crippen LogP contribution >= 0.6 is 0 Å². The van der Waals surface area contributed by atoms with Crippen LogP contribution in [0, 0.1) is 0 Å². The largest absolute Gasteiger partial charge is 0.385 e. The van der Waals surface area contributed by atoms with E-state index in [1.807, 2.05) is 6.92 Å². The normalized spacial score (nSPS) is 12.7. The van der Waals surface area contributed by atoms with E-state index in [9.17, 15) is 9.59 Å². The number of nitrogens with two attached hydrogens (primary N) is 1. The Balaban J connectivity index is 3.03. The molecule has 6 heteroatoms. The molecular formula is C9H15N3O3. The lowest BCUT2D eigenvalue weighted by Crippen LogP contribution is -2.34. The summed E-state index contributed by atoms with van der Waals surface area (Å²) < 4.78 is 6.49. The summed E-state index contributed by atoms with van der Waals surface area (Å²) in [6.07, 6.45) is 0. The number of hydrogen-bond acceptors (Lipinski definition) is 4. The Hall–Kier alpha value is -1.56. The van der Waals surface area contributed by atoms with E-state index >= 15 is 0 Å². The van der Waals surface area contributed by atoms with Crippen LogP contribution in [-0.2, 0) is 4.74 Å². The molecule has 0 spiro atoms. The van der Waals surface area contributed by atoms with E-state index in [0.717, 1.165) is 0 Å². The van der Waals surface area contributed by atoms with Crippen LogP contribution in [0.5, 0.6) is 0 Å². The molecule has 0 aliphatic rings. The lowest BCUT2D eigenvalue weighted by molar-refractivity contribution is 0.118. The predicted octanol–water partition coefficient (Wildman–Crippen LogP) is -0.284. The van der Waals surface area contributed by atoms with Gasteiger partial charge in [-0.3, -0.25) is 14.3 Å². The van der Waals surface area contributed by atoms with Crippen LogP contribution in [0.1, 0.15) is 19.9 Å². The van der Waals surface area contributed by atoms with Crippen molar-refractivity contribution in [1.29, 1.82) is 0 Å². The standard InChI is InChI=1S/C9H15N3O3/c1-3-15-5-6(2)12-7(10)4-8(13)11-9(12)14/h4,6H,3,5,10H2,1-2H3,(H,11,13,14). The molecule has 1 aromatic heterocycles. The second-order valence-electron chi connectivity index (χ2n) is 3.24. The number of aromatic amines is 1. The van der Waals surface area contributed by atoms with E-state index in [1.165, 1.54) is 10.6 Å². The summed E-state index contributed by atoms with van der Waals surface area (Å²) in [6.45, 7) is 4.62. The quantitative estimate of drug-likeness (QED) is 0.719. The van der Waals surface area contributed by atoms with Crippen molar-refractivity contribution in [3.8, 4) is 0 Å². The molecule has 0 saturated heterocycles. The van der Waals surface area contributed by atoms with Gasteiger partial charge in [-0.15, -0.1) is 0 Å². The molecule has 84 valence electrons. The first-order valence-corrected chi connectivity index (χ1v) is 4.75. The van der Waals surface area contributed by atoms with Crippen molar-refractivity contribution in [2.45, 2.75) is 19.9 Å². The average molecular weight is 213 g/mol. The highest BCUT2D eigenvalue weighted by atomic mass is 16.5. The van der Waals surface area contributed by atoms with Gasteiger partial charge >= 0.3 is 5.69 Å². The number of anilines is 1. The third-order valence-electron chi connectivity index (χ3n) is 2.01. The molecule has 6 nitrogen and oxygen atoms in total. The molecule has 0 aromatic carbocycles. The minimum atomic E-state index is -0.507. The minimum absolute atomic E-state index is 0.149. The zero-order valence-electron chi connectivity index (χ0n) is 8.82. The molecule has 15 heavy (non-hydrogen) atoms. The van der Waals surface area contributed by atoms with Gasteiger partial charge in [0.05, 0.1) is 12.6 Å². The molecule has 0 radical (unpaired) electrons. The van der Waals surface area contributed by atoms with E-state index in [-0.39, 0.29) is 11.9 Å². The fourth-order valence-electron chi connectivity index (χ4n) is 1.34. The number of aromatic nitrogens is 2. The molecule has 1 atom stereocenters. The molecule has 1 aromatic rings. The first-order valence-electron chi connectivity index (χ1n) is 4.75. The van der Waals surface area contributed by atoms with Crippen molar-refractivity contribution in [3.63, 3.8) is 0 Å². The number of ether oxygens (including phenoxy) is 1. The molecule has 1 rings (SSSR count). The maximum absolute atomic E-state index is 11.4. The van der Waals surface area contributed by atoms with Crippen molar-refractivity contribution in [3.05, 3.63) is 26.9 Å². The van der Waals surface area contributed by atoms with Crippen LogP contribution in [0.3, 0.4) is 0 Å². The summed E-state index contributed by atoms with van der Waals surface area (Å²) in [5.74, 6) is 0.149. The molecule has 3 N–H and O–H groups in total. The van der Waals surface area contributed by atoms with Crippen molar-refractivity contribution in [2.75, 3.05) is 18.9 Å².